The number of hydrogen-bond acceptors (Lipinski definition) is 5. The average Bonchev–Trinajstić information content (AvgIpc) is 3.18. The normalized spacial score (nSPS) is 22.5. The van der Waals surface area contributed by atoms with E-state index in [0.29, 0.717) is 31.2 Å². The van der Waals surface area contributed by atoms with Crippen LogP contribution in [-0.2, 0) is 16.1 Å². The average molecular weight is 463 g/mol. The number of aryl methyl sites for hydroxylation is 1. The number of nitrogens with zero attached hydrogens (tertiary/aromatic N) is 2. The van der Waals surface area contributed by atoms with Crippen molar-refractivity contribution in [3.05, 3.63) is 51.2 Å². The molecule has 3 heterocycles. The minimum absolute atomic E-state index is 0.175. The van der Waals surface area contributed by atoms with Gasteiger partial charge in [0.2, 0.25) is 5.91 Å². The summed E-state index contributed by atoms with van der Waals surface area (Å²) in [6.07, 6.45) is 3.73. The van der Waals surface area contributed by atoms with Crippen LogP contribution in [0.4, 0.5) is 0 Å². The zero-order valence-electron chi connectivity index (χ0n) is 18.1. The second-order valence-corrected chi connectivity index (χ2v) is 10.1. The molecule has 5 nitrogen and oxygen atoms in total. The molecule has 2 aliphatic heterocycles. The quantitative estimate of drug-likeness (QED) is 0.594. The van der Waals surface area contributed by atoms with E-state index in [1.54, 1.807) is 11.3 Å². The topological polar surface area (TPSA) is 42.0 Å². The van der Waals surface area contributed by atoms with E-state index in [1.165, 1.54) is 16.9 Å². The molecule has 1 aromatic carbocycles. The second kappa shape index (κ2) is 10.3. The largest absolute Gasteiger partial charge is 0.491 e. The Hall–Kier alpha value is -1.60. The van der Waals surface area contributed by atoms with Gasteiger partial charge in [0.05, 0.1) is 13.0 Å². The molecule has 1 aromatic heterocycles. The molecule has 0 unspecified atom stereocenters. The molecule has 168 valence electrons. The third kappa shape index (κ3) is 6.01. The van der Waals surface area contributed by atoms with Crippen LogP contribution in [0.1, 0.15) is 36.1 Å². The van der Waals surface area contributed by atoms with Crippen molar-refractivity contribution in [1.29, 1.82) is 0 Å². The van der Waals surface area contributed by atoms with E-state index >= 15 is 0 Å². The number of morpholine rings is 1. The number of piperidine rings is 1. The summed E-state index contributed by atoms with van der Waals surface area (Å²) >= 11 is 7.80. The van der Waals surface area contributed by atoms with E-state index < -0.39 is 5.60 Å². The van der Waals surface area contributed by atoms with Crippen LogP contribution < -0.4 is 4.74 Å². The molecule has 2 aromatic rings. The predicted octanol–water partition coefficient (Wildman–Crippen LogP) is 4.76. The summed E-state index contributed by atoms with van der Waals surface area (Å²) in [4.78, 5) is 18.9. The molecule has 0 spiro atoms. The van der Waals surface area contributed by atoms with Crippen LogP contribution in [0.15, 0.2) is 35.7 Å². The van der Waals surface area contributed by atoms with Crippen molar-refractivity contribution in [3.63, 3.8) is 0 Å². The maximum Gasteiger partial charge on any atom is 0.225 e. The fourth-order valence-electron chi connectivity index (χ4n) is 4.35. The number of rotatable bonds is 7. The highest BCUT2D eigenvalue weighted by Gasteiger charge is 2.41. The molecular formula is C24H31ClN2O3S. The standard InChI is InChI=1S/C24H31ClN2O3S/c1-19-9-14-31-22(19)16-26-12-13-30-24(17-26,15-23(28)27-10-3-2-4-11-27)18-29-21-7-5-20(25)6-8-21/h5-9,14H,2-4,10-13,15-18H2,1H3/t24-/m1/s1. The summed E-state index contributed by atoms with van der Waals surface area (Å²) in [6.45, 7) is 7.22. The lowest BCUT2D eigenvalue weighted by molar-refractivity contribution is -0.157. The fourth-order valence-corrected chi connectivity index (χ4v) is 5.42. The van der Waals surface area contributed by atoms with E-state index in [0.717, 1.165) is 44.8 Å². The fraction of sp³-hybridized carbons (Fsp3) is 0.542. The van der Waals surface area contributed by atoms with Gasteiger partial charge in [-0.25, -0.2) is 0 Å². The molecule has 0 aliphatic carbocycles. The molecule has 0 radical (unpaired) electrons. The van der Waals surface area contributed by atoms with Gasteiger partial charge in [0.15, 0.2) is 0 Å². The second-order valence-electron chi connectivity index (χ2n) is 8.63. The number of benzene rings is 1. The van der Waals surface area contributed by atoms with E-state index in [9.17, 15) is 4.79 Å². The molecule has 0 bridgehead atoms. The van der Waals surface area contributed by atoms with E-state index in [-0.39, 0.29) is 5.91 Å². The van der Waals surface area contributed by atoms with E-state index in [4.69, 9.17) is 21.1 Å². The molecule has 31 heavy (non-hydrogen) atoms. The van der Waals surface area contributed by atoms with Crippen LogP contribution in [0.2, 0.25) is 5.02 Å². The molecule has 7 heteroatoms. The highest BCUT2D eigenvalue weighted by atomic mass is 35.5. The Balaban J connectivity index is 1.48. The Kier molecular flexibility index (Phi) is 7.54. The van der Waals surface area contributed by atoms with Crippen LogP contribution in [-0.4, -0.2) is 60.7 Å². The summed E-state index contributed by atoms with van der Waals surface area (Å²) in [5.74, 6) is 0.914. The van der Waals surface area contributed by atoms with Gasteiger partial charge in [-0.2, -0.15) is 0 Å². The number of halogens is 1. The summed E-state index contributed by atoms with van der Waals surface area (Å²) in [6, 6.07) is 9.51. The molecule has 2 aliphatic rings. The first-order valence-electron chi connectivity index (χ1n) is 11.1. The van der Waals surface area contributed by atoms with E-state index in [1.807, 2.05) is 29.2 Å². The lowest BCUT2D eigenvalue weighted by atomic mass is 9.96. The number of carbonyl (C=O) groups excluding carboxylic acids is 1. The Morgan fingerprint density at radius 3 is 2.65 bits per heavy atom. The number of carbonyl (C=O) groups is 1. The van der Waals surface area contributed by atoms with Crippen molar-refractivity contribution in [2.24, 2.45) is 0 Å². The number of amides is 1. The minimum atomic E-state index is -0.655. The highest BCUT2D eigenvalue weighted by molar-refractivity contribution is 7.10. The first kappa shape index (κ1) is 22.6. The number of thiophene rings is 1. The van der Waals surface area contributed by atoms with E-state index in [2.05, 4.69) is 23.3 Å². The zero-order chi connectivity index (χ0) is 21.7. The third-order valence-electron chi connectivity index (χ3n) is 6.16. The minimum Gasteiger partial charge on any atom is -0.491 e. The maximum atomic E-state index is 13.2. The van der Waals surface area contributed by atoms with Crippen molar-refractivity contribution in [2.75, 3.05) is 39.4 Å². The number of likely N-dealkylation sites (tertiary alicyclic amines) is 1. The van der Waals surface area contributed by atoms with Crippen molar-refractivity contribution in [1.82, 2.24) is 9.80 Å². The van der Waals surface area contributed by atoms with Crippen molar-refractivity contribution in [3.8, 4) is 5.75 Å². The zero-order valence-corrected chi connectivity index (χ0v) is 19.7. The van der Waals surface area contributed by atoms with Crippen molar-refractivity contribution >= 4 is 28.8 Å². The Morgan fingerprint density at radius 2 is 1.94 bits per heavy atom. The van der Waals surface area contributed by atoms with Gasteiger partial charge < -0.3 is 14.4 Å². The smallest absolute Gasteiger partial charge is 0.225 e. The van der Waals surface area contributed by atoms with Gasteiger partial charge in [-0.05, 0) is 67.5 Å². The molecule has 2 saturated heterocycles. The van der Waals surface area contributed by atoms with Crippen LogP contribution in [0.3, 0.4) is 0 Å². The number of ether oxygens (including phenoxy) is 2. The van der Waals surface area contributed by atoms with Gasteiger partial charge in [-0.15, -0.1) is 11.3 Å². The van der Waals surface area contributed by atoms with Crippen LogP contribution in [0.5, 0.6) is 5.75 Å². The Bertz CT molecular complexity index is 866. The van der Waals surface area contributed by atoms with Gasteiger partial charge in [-0.3, -0.25) is 9.69 Å². The third-order valence-corrected chi connectivity index (χ3v) is 7.42. The SMILES string of the molecule is Cc1ccsc1CN1CCO[C@](COc2ccc(Cl)cc2)(CC(=O)N2CCCCC2)C1. The van der Waals surface area contributed by atoms with Crippen LogP contribution in [0, 0.1) is 6.92 Å². The summed E-state index contributed by atoms with van der Waals surface area (Å²) in [5, 5.41) is 2.82. The maximum absolute atomic E-state index is 13.2. The van der Waals surface area contributed by atoms with Gasteiger partial charge in [0.1, 0.15) is 18.0 Å². The number of hydrogen-bond donors (Lipinski definition) is 0. The summed E-state index contributed by atoms with van der Waals surface area (Å²) in [7, 11) is 0. The van der Waals surface area contributed by atoms with Crippen molar-refractivity contribution in [2.45, 2.75) is 44.8 Å². The Labute approximate surface area is 193 Å². The predicted molar refractivity (Wildman–Crippen MR) is 125 cm³/mol. The first-order valence-corrected chi connectivity index (χ1v) is 12.3. The molecule has 1 amide bonds. The molecule has 1 atom stereocenters. The molecule has 2 fully saturated rings. The van der Waals surface area contributed by atoms with Gasteiger partial charge in [0.25, 0.3) is 0 Å². The van der Waals surface area contributed by atoms with Crippen molar-refractivity contribution < 1.29 is 14.3 Å². The monoisotopic (exact) mass is 462 g/mol. The molecule has 0 saturated carbocycles. The molecular weight excluding hydrogens is 432 g/mol. The van der Waals surface area contributed by atoms with Crippen LogP contribution in [0.25, 0.3) is 0 Å². The highest BCUT2D eigenvalue weighted by Crippen LogP contribution is 2.28. The molecule has 4 rings (SSSR count). The summed E-state index contributed by atoms with van der Waals surface area (Å²) in [5.41, 5.74) is 0.668. The Morgan fingerprint density at radius 1 is 1.16 bits per heavy atom. The lowest BCUT2D eigenvalue weighted by Gasteiger charge is -2.43. The lowest BCUT2D eigenvalue weighted by Crippen LogP contribution is -2.57. The van der Waals surface area contributed by atoms with Gasteiger partial charge in [-0.1, -0.05) is 11.6 Å². The summed E-state index contributed by atoms with van der Waals surface area (Å²) < 4.78 is 12.4. The van der Waals surface area contributed by atoms with Gasteiger partial charge in [0, 0.05) is 42.6 Å². The van der Waals surface area contributed by atoms with Gasteiger partial charge >= 0.3 is 0 Å². The molecule has 0 N–H and O–H groups in total. The first-order chi connectivity index (χ1) is 15.0. The van der Waals surface area contributed by atoms with Crippen LogP contribution >= 0.6 is 22.9 Å².